The molecule has 0 saturated carbocycles. The Morgan fingerprint density at radius 3 is 2.79 bits per heavy atom. The summed E-state index contributed by atoms with van der Waals surface area (Å²) < 4.78 is 0. The molecule has 2 N–H and O–H groups in total. The smallest absolute Gasteiger partial charge is 0.289 e. The minimum absolute atomic E-state index is 0.103. The van der Waals surface area contributed by atoms with Gasteiger partial charge in [-0.3, -0.25) is 19.3 Å². The first-order chi connectivity index (χ1) is 6.65. The monoisotopic (exact) mass is 218 g/mol. The molecule has 0 bridgehead atoms. The second-order valence-corrected chi connectivity index (χ2v) is 3.53. The minimum atomic E-state index is -0.441. The zero-order valence-corrected chi connectivity index (χ0v) is 8.17. The van der Waals surface area contributed by atoms with Crippen LogP contribution >= 0.6 is 11.8 Å². The van der Waals surface area contributed by atoms with E-state index >= 15 is 0 Å². The lowest BCUT2D eigenvalue weighted by Crippen LogP contribution is -2.40. The number of hydrogen-bond acceptors (Lipinski definition) is 5. The third kappa shape index (κ3) is 2.71. The summed E-state index contributed by atoms with van der Waals surface area (Å²) in [7, 11) is 0. The van der Waals surface area contributed by atoms with Crippen LogP contribution < -0.4 is 5.32 Å². The zero-order chi connectivity index (χ0) is 10.6. The number of aliphatic hydroxyl groups is 1. The van der Waals surface area contributed by atoms with Gasteiger partial charge in [0.05, 0.1) is 12.4 Å². The van der Waals surface area contributed by atoms with Crippen molar-refractivity contribution in [3.8, 4) is 0 Å². The third-order valence-corrected chi connectivity index (χ3v) is 2.43. The Morgan fingerprint density at radius 2 is 2.29 bits per heavy atom. The molecule has 1 heterocycles. The van der Waals surface area contributed by atoms with Crippen molar-refractivity contribution in [3.05, 3.63) is 0 Å². The normalized spacial score (nSPS) is 16.2. The molecule has 0 aromatic heterocycles. The second kappa shape index (κ2) is 4.97. The van der Waals surface area contributed by atoms with Gasteiger partial charge in [-0.15, -0.1) is 0 Å². The van der Waals surface area contributed by atoms with Gasteiger partial charge in [0.15, 0.2) is 0 Å². The molecule has 14 heavy (non-hydrogen) atoms. The number of nitrogens with one attached hydrogen (secondary N) is 1. The number of amides is 3. The van der Waals surface area contributed by atoms with Crippen molar-refractivity contribution in [2.45, 2.75) is 0 Å². The molecule has 0 spiro atoms. The summed E-state index contributed by atoms with van der Waals surface area (Å²) in [6.07, 6.45) is 0. The first-order valence-electron chi connectivity index (χ1n) is 4.00. The Labute approximate surface area is 84.6 Å². The Kier molecular flexibility index (Phi) is 3.90. The Balaban J connectivity index is 2.39. The lowest BCUT2D eigenvalue weighted by molar-refractivity contribution is -0.130. The molecule has 0 unspecified atom stereocenters. The molecule has 6 nitrogen and oxygen atoms in total. The van der Waals surface area contributed by atoms with Gasteiger partial charge in [-0.05, 0) is 0 Å². The van der Waals surface area contributed by atoms with Crippen LogP contribution in [0, 0.1) is 0 Å². The third-order valence-electron chi connectivity index (χ3n) is 1.58. The van der Waals surface area contributed by atoms with Crippen LogP contribution in [0.4, 0.5) is 4.79 Å². The number of carbonyl (C=O) groups excluding carboxylic acids is 3. The SMILES string of the molecule is O=C(CN1C(=O)CSC1=O)NCCO. The Hall–Kier alpha value is -1.08. The van der Waals surface area contributed by atoms with E-state index in [1.165, 1.54) is 0 Å². The maximum absolute atomic E-state index is 11.1. The predicted molar refractivity (Wildman–Crippen MR) is 49.7 cm³/mol. The second-order valence-electron chi connectivity index (χ2n) is 2.61. The fourth-order valence-electron chi connectivity index (χ4n) is 0.929. The molecule has 0 aromatic rings. The van der Waals surface area contributed by atoms with Crippen LogP contribution in [-0.4, -0.2) is 52.5 Å². The molecule has 1 aliphatic heterocycles. The van der Waals surface area contributed by atoms with E-state index in [2.05, 4.69) is 5.32 Å². The van der Waals surface area contributed by atoms with Crippen LogP contribution in [0.25, 0.3) is 0 Å². The highest BCUT2D eigenvalue weighted by atomic mass is 32.2. The van der Waals surface area contributed by atoms with E-state index < -0.39 is 11.1 Å². The lowest BCUT2D eigenvalue weighted by atomic mass is 10.5. The first kappa shape index (κ1) is 11.0. The van der Waals surface area contributed by atoms with E-state index in [0.29, 0.717) is 0 Å². The topological polar surface area (TPSA) is 86.7 Å². The fourth-order valence-corrected chi connectivity index (χ4v) is 1.65. The largest absolute Gasteiger partial charge is 0.395 e. The van der Waals surface area contributed by atoms with Crippen LogP contribution in [0.5, 0.6) is 0 Å². The van der Waals surface area contributed by atoms with Crippen LogP contribution in [0.3, 0.4) is 0 Å². The number of thioether (sulfide) groups is 1. The van der Waals surface area contributed by atoms with Crippen LogP contribution in [0.2, 0.25) is 0 Å². The van der Waals surface area contributed by atoms with Gasteiger partial charge in [-0.25, -0.2) is 0 Å². The summed E-state index contributed by atoms with van der Waals surface area (Å²) in [5.41, 5.74) is 0. The lowest BCUT2D eigenvalue weighted by Gasteiger charge is -2.11. The van der Waals surface area contributed by atoms with Gasteiger partial charge in [-0.1, -0.05) is 11.8 Å². The molecule has 1 rings (SSSR count). The quantitative estimate of drug-likeness (QED) is 0.618. The number of aliphatic hydroxyl groups excluding tert-OH is 1. The number of imide groups is 1. The zero-order valence-electron chi connectivity index (χ0n) is 7.36. The van der Waals surface area contributed by atoms with E-state index in [9.17, 15) is 14.4 Å². The van der Waals surface area contributed by atoms with Gasteiger partial charge in [-0.2, -0.15) is 0 Å². The maximum atomic E-state index is 11.1. The van der Waals surface area contributed by atoms with Gasteiger partial charge in [0.25, 0.3) is 5.24 Å². The van der Waals surface area contributed by atoms with Crippen molar-refractivity contribution in [2.24, 2.45) is 0 Å². The van der Waals surface area contributed by atoms with Crippen molar-refractivity contribution in [1.29, 1.82) is 0 Å². The maximum Gasteiger partial charge on any atom is 0.289 e. The average molecular weight is 218 g/mol. The van der Waals surface area contributed by atoms with Gasteiger partial charge in [0, 0.05) is 6.54 Å². The predicted octanol–water partition coefficient (Wildman–Crippen LogP) is -1.21. The van der Waals surface area contributed by atoms with Gasteiger partial charge in [0.1, 0.15) is 6.54 Å². The summed E-state index contributed by atoms with van der Waals surface area (Å²) in [6, 6.07) is 0. The van der Waals surface area contributed by atoms with Crippen LogP contribution in [-0.2, 0) is 9.59 Å². The molecule has 3 amide bonds. The van der Waals surface area contributed by atoms with E-state index in [-0.39, 0.29) is 31.4 Å². The highest BCUT2D eigenvalue weighted by Crippen LogP contribution is 2.17. The molecule has 0 radical (unpaired) electrons. The van der Waals surface area contributed by atoms with Gasteiger partial charge in [0.2, 0.25) is 11.8 Å². The van der Waals surface area contributed by atoms with Crippen molar-refractivity contribution in [3.63, 3.8) is 0 Å². The van der Waals surface area contributed by atoms with E-state index in [1.54, 1.807) is 0 Å². The average Bonchev–Trinajstić information content (AvgIpc) is 2.46. The summed E-state index contributed by atoms with van der Waals surface area (Å²) in [5, 5.41) is 10.4. The molecule has 0 aliphatic carbocycles. The highest BCUT2D eigenvalue weighted by molar-refractivity contribution is 8.14. The molecule has 1 aliphatic rings. The molecule has 78 valence electrons. The summed E-state index contributed by atoms with van der Waals surface area (Å²) in [5.74, 6) is -0.686. The molecule has 7 heteroatoms. The molecule has 0 atom stereocenters. The summed E-state index contributed by atoms with van der Waals surface area (Å²) in [6.45, 7) is -0.296. The van der Waals surface area contributed by atoms with E-state index in [0.717, 1.165) is 16.7 Å². The number of hydrogen-bond donors (Lipinski definition) is 2. The van der Waals surface area contributed by atoms with E-state index in [4.69, 9.17) is 5.11 Å². The number of rotatable bonds is 4. The van der Waals surface area contributed by atoms with Crippen molar-refractivity contribution < 1.29 is 19.5 Å². The Morgan fingerprint density at radius 1 is 1.57 bits per heavy atom. The standard InChI is InChI=1S/C7H10N2O4S/c10-2-1-8-5(11)3-9-6(12)4-14-7(9)13/h10H,1-4H2,(H,8,11). The highest BCUT2D eigenvalue weighted by Gasteiger charge is 2.31. The molecule has 1 fully saturated rings. The van der Waals surface area contributed by atoms with Gasteiger partial charge >= 0.3 is 0 Å². The van der Waals surface area contributed by atoms with Crippen LogP contribution in [0.1, 0.15) is 0 Å². The summed E-state index contributed by atoms with van der Waals surface area (Å²) in [4.78, 5) is 34.1. The minimum Gasteiger partial charge on any atom is -0.395 e. The molecular formula is C7H10N2O4S. The van der Waals surface area contributed by atoms with E-state index in [1.807, 2.05) is 0 Å². The number of carbonyl (C=O) groups is 3. The van der Waals surface area contributed by atoms with Crippen molar-refractivity contribution in [2.75, 3.05) is 25.4 Å². The molecular weight excluding hydrogens is 208 g/mol. The van der Waals surface area contributed by atoms with Crippen molar-refractivity contribution >= 4 is 28.8 Å². The van der Waals surface area contributed by atoms with Gasteiger partial charge < -0.3 is 10.4 Å². The summed E-state index contributed by atoms with van der Waals surface area (Å²) >= 11 is 0.887. The molecule has 1 saturated heterocycles. The first-order valence-corrected chi connectivity index (χ1v) is 4.98. The molecule has 0 aromatic carbocycles. The van der Waals surface area contributed by atoms with Crippen molar-refractivity contribution in [1.82, 2.24) is 10.2 Å². The Bertz CT molecular complexity index is 252. The fraction of sp³-hybridized carbons (Fsp3) is 0.571. The number of nitrogens with zero attached hydrogens (tertiary/aromatic N) is 1. The van der Waals surface area contributed by atoms with Crippen LogP contribution in [0.15, 0.2) is 0 Å².